The molecule has 1 aromatic heterocycles. The van der Waals surface area contributed by atoms with E-state index in [9.17, 15) is 9.18 Å². The van der Waals surface area contributed by atoms with Crippen LogP contribution in [0.4, 0.5) is 4.39 Å². The van der Waals surface area contributed by atoms with Gasteiger partial charge in [-0.1, -0.05) is 23.2 Å². The highest BCUT2D eigenvalue weighted by Gasteiger charge is 2.24. The quantitative estimate of drug-likeness (QED) is 0.415. The zero-order valence-electron chi connectivity index (χ0n) is 13.6. The minimum atomic E-state index is -0.609. The molecular formula is C20H10Cl2FNO3. The third-order valence-electron chi connectivity index (χ3n) is 3.82. The third kappa shape index (κ3) is 3.65. The maximum Gasteiger partial charge on any atom is 0.363 e. The topological polar surface area (TPSA) is 51.8 Å². The average Bonchev–Trinajstić information content (AvgIpc) is 3.26. The highest BCUT2D eigenvalue weighted by molar-refractivity contribution is 6.42. The van der Waals surface area contributed by atoms with E-state index in [0.29, 0.717) is 27.1 Å². The Kier molecular flexibility index (Phi) is 4.56. The van der Waals surface area contributed by atoms with E-state index >= 15 is 0 Å². The molecule has 0 fully saturated rings. The van der Waals surface area contributed by atoms with Gasteiger partial charge in [-0.2, -0.15) is 0 Å². The van der Waals surface area contributed by atoms with E-state index in [1.165, 1.54) is 30.3 Å². The lowest BCUT2D eigenvalue weighted by molar-refractivity contribution is -0.129. The number of hydrogen-bond acceptors (Lipinski definition) is 4. The van der Waals surface area contributed by atoms with Crippen molar-refractivity contribution >= 4 is 41.1 Å². The molecule has 0 radical (unpaired) electrons. The van der Waals surface area contributed by atoms with Crippen molar-refractivity contribution in [3.63, 3.8) is 0 Å². The fourth-order valence-electron chi connectivity index (χ4n) is 2.49. The van der Waals surface area contributed by atoms with Crippen molar-refractivity contribution in [3.8, 4) is 11.3 Å². The Morgan fingerprint density at radius 1 is 0.926 bits per heavy atom. The van der Waals surface area contributed by atoms with Crippen molar-refractivity contribution in [2.24, 2.45) is 4.99 Å². The summed E-state index contributed by atoms with van der Waals surface area (Å²) in [6, 6.07) is 14.1. The van der Waals surface area contributed by atoms with E-state index in [2.05, 4.69) is 4.99 Å². The molecule has 3 aromatic rings. The second-order valence-electron chi connectivity index (χ2n) is 5.67. The number of furan rings is 1. The van der Waals surface area contributed by atoms with Crippen LogP contribution in [0.25, 0.3) is 17.4 Å². The predicted molar refractivity (Wildman–Crippen MR) is 101 cm³/mol. The number of rotatable bonds is 3. The number of halogens is 3. The van der Waals surface area contributed by atoms with Gasteiger partial charge >= 0.3 is 5.97 Å². The summed E-state index contributed by atoms with van der Waals surface area (Å²) >= 11 is 11.9. The highest BCUT2D eigenvalue weighted by atomic mass is 35.5. The standard InChI is InChI=1S/C20H10Cl2FNO3/c21-15-7-3-12(9-16(15)22)18-8-6-14(26-18)10-17-20(25)27-19(24-17)11-1-4-13(23)5-2-11/h1-10H/b17-10-. The molecule has 7 heteroatoms. The molecule has 0 saturated heterocycles. The molecule has 0 atom stereocenters. The smallest absolute Gasteiger partial charge is 0.363 e. The number of nitrogens with zero attached hydrogens (tertiary/aromatic N) is 1. The molecular weight excluding hydrogens is 392 g/mol. The fraction of sp³-hybridized carbons (Fsp3) is 0. The number of esters is 1. The maximum atomic E-state index is 13.0. The van der Waals surface area contributed by atoms with Gasteiger partial charge in [0.1, 0.15) is 17.3 Å². The van der Waals surface area contributed by atoms with Crippen molar-refractivity contribution in [2.45, 2.75) is 0 Å². The molecule has 0 bridgehead atoms. The molecule has 2 heterocycles. The molecule has 0 N–H and O–H groups in total. The van der Waals surface area contributed by atoms with Crippen LogP contribution in [0.5, 0.6) is 0 Å². The second-order valence-corrected chi connectivity index (χ2v) is 6.49. The van der Waals surface area contributed by atoms with Gasteiger partial charge in [0.2, 0.25) is 5.90 Å². The van der Waals surface area contributed by atoms with Crippen LogP contribution < -0.4 is 0 Å². The lowest BCUT2D eigenvalue weighted by Gasteiger charge is -1.99. The summed E-state index contributed by atoms with van der Waals surface area (Å²) in [6.07, 6.45) is 1.47. The first-order valence-corrected chi connectivity index (χ1v) is 8.59. The Hall–Kier alpha value is -2.89. The normalized spacial score (nSPS) is 15.1. The number of carbonyl (C=O) groups is 1. The number of benzene rings is 2. The first-order valence-electron chi connectivity index (χ1n) is 7.83. The van der Waals surface area contributed by atoms with Gasteiger partial charge < -0.3 is 9.15 Å². The van der Waals surface area contributed by atoms with Gasteiger partial charge in [-0.15, -0.1) is 0 Å². The summed E-state index contributed by atoms with van der Waals surface area (Å²) in [4.78, 5) is 16.2. The summed E-state index contributed by atoms with van der Waals surface area (Å²) < 4.78 is 23.9. The van der Waals surface area contributed by atoms with Gasteiger partial charge in [-0.05, 0) is 54.6 Å². The SMILES string of the molecule is O=C1OC(c2ccc(F)cc2)=N/C1=C\c1ccc(-c2ccc(Cl)c(Cl)c2)o1. The molecule has 2 aromatic carbocycles. The zero-order valence-corrected chi connectivity index (χ0v) is 15.1. The number of cyclic esters (lactones) is 1. The largest absolute Gasteiger partial charge is 0.457 e. The molecule has 1 aliphatic rings. The summed E-state index contributed by atoms with van der Waals surface area (Å²) in [7, 11) is 0. The van der Waals surface area contributed by atoms with Crippen molar-refractivity contribution < 1.29 is 18.3 Å². The van der Waals surface area contributed by atoms with Gasteiger partial charge in [-0.25, -0.2) is 14.2 Å². The minimum Gasteiger partial charge on any atom is -0.457 e. The lowest BCUT2D eigenvalue weighted by Crippen LogP contribution is -2.05. The van der Waals surface area contributed by atoms with Gasteiger partial charge in [0.05, 0.1) is 10.0 Å². The second kappa shape index (κ2) is 7.02. The zero-order chi connectivity index (χ0) is 19.0. The van der Waals surface area contributed by atoms with Crippen LogP contribution in [0.1, 0.15) is 11.3 Å². The number of carbonyl (C=O) groups excluding carboxylic acids is 1. The van der Waals surface area contributed by atoms with E-state index in [1.54, 1.807) is 30.3 Å². The van der Waals surface area contributed by atoms with Crippen LogP contribution in [-0.2, 0) is 9.53 Å². The maximum absolute atomic E-state index is 13.0. The molecule has 27 heavy (non-hydrogen) atoms. The monoisotopic (exact) mass is 401 g/mol. The Labute approximate surface area is 163 Å². The van der Waals surface area contributed by atoms with Crippen molar-refractivity contribution in [1.82, 2.24) is 0 Å². The van der Waals surface area contributed by atoms with Crippen LogP contribution in [0.3, 0.4) is 0 Å². The van der Waals surface area contributed by atoms with Crippen LogP contribution in [0, 0.1) is 5.82 Å². The fourth-order valence-corrected chi connectivity index (χ4v) is 2.79. The van der Waals surface area contributed by atoms with Gasteiger partial charge in [0, 0.05) is 17.2 Å². The molecule has 134 valence electrons. The Morgan fingerprint density at radius 2 is 1.67 bits per heavy atom. The first-order chi connectivity index (χ1) is 13.0. The third-order valence-corrected chi connectivity index (χ3v) is 4.56. The molecule has 0 spiro atoms. The summed E-state index contributed by atoms with van der Waals surface area (Å²) in [5, 5.41) is 0.865. The van der Waals surface area contributed by atoms with E-state index < -0.39 is 5.97 Å². The lowest BCUT2D eigenvalue weighted by atomic mass is 10.2. The molecule has 0 aliphatic carbocycles. The van der Waals surface area contributed by atoms with Gasteiger partial charge in [0.25, 0.3) is 0 Å². The first kappa shape index (κ1) is 17.5. The van der Waals surface area contributed by atoms with Crippen LogP contribution >= 0.6 is 23.2 Å². The van der Waals surface area contributed by atoms with Gasteiger partial charge in [0.15, 0.2) is 5.70 Å². The van der Waals surface area contributed by atoms with Crippen LogP contribution in [0.15, 0.2) is 69.7 Å². The summed E-state index contributed by atoms with van der Waals surface area (Å²) in [5.41, 5.74) is 1.34. The van der Waals surface area contributed by atoms with E-state index in [-0.39, 0.29) is 17.4 Å². The van der Waals surface area contributed by atoms with Crippen LogP contribution in [0.2, 0.25) is 10.0 Å². The molecule has 0 unspecified atom stereocenters. The molecule has 0 saturated carbocycles. The van der Waals surface area contributed by atoms with E-state index in [4.69, 9.17) is 32.4 Å². The van der Waals surface area contributed by atoms with Crippen molar-refractivity contribution in [2.75, 3.05) is 0 Å². The number of aliphatic imine (C=N–C) groups is 1. The molecule has 0 amide bonds. The predicted octanol–water partition coefficient (Wildman–Crippen LogP) is 5.74. The Bertz CT molecular complexity index is 1100. The highest BCUT2D eigenvalue weighted by Crippen LogP contribution is 2.30. The Morgan fingerprint density at radius 3 is 2.41 bits per heavy atom. The summed E-state index contributed by atoms with van der Waals surface area (Å²) in [5.74, 6) is 0.107. The molecule has 4 rings (SSSR count). The minimum absolute atomic E-state index is 0.0874. The molecule has 4 nitrogen and oxygen atoms in total. The number of hydrogen-bond donors (Lipinski definition) is 0. The van der Waals surface area contributed by atoms with Crippen molar-refractivity contribution in [3.05, 3.63) is 87.5 Å². The Balaban J connectivity index is 1.61. The molecule has 1 aliphatic heterocycles. The average molecular weight is 402 g/mol. The van der Waals surface area contributed by atoms with Crippen molar-refractivity contribution in [1.29, 1.82) is 0 Å². The van der Waals surface area contributed by atoms with E-state index in [0.717, 1.165) is 5.56 Å². The van der Waals surface area contributed by atoms with E-state index in [1.807, 2.05) is 0 Å². The van der Waals surface area contributed by atoms with Crippen LogP contribution in [-0.4, -0.2) is 11.9 Å². The number of ether oxygens (including phenoxy) is 1. The summed E-state index contributed by atoms with van der Waals surface area (Å²) in [6.45, 7) is 0. The van der Waals surface area contributed by atoms with Gasteiger partial charge in [-0.3, -0.25) is 0 Å².